The van der Waals surface area contributed by atoms with Crippen LogP contribution in [0.4, 0.5) is 0 Å². The van der Waals surface area contributed by atoms with Crippen molar-refractivity contribution in [3.8, 4) is 11.1 Å². The molecule has 0 radical (unpaired) electrons. The number of carbonyl (C=O) groups is 1. The Morgan fingerprint density at radius 2 is 2.23 bits per heavy atom. The summed E-state index contributed by atoms with van der Waals surface area (Å²) in [5, 5.41) is 21.8. The summed E-state index contributed by atoms with van der Waals surface area (Å²) >= 11 is 0. The number of rotatable bonds is 2. The van der Waals surface area contributed by atoms with E-state index in [2.05, 4.69) is 15.5 Å². The van der Waals surface area contributed by atoms with Crippen molar-refractivity contribution in [2.75, 3.05) is 13.2 Å². The van der Waals surface area contributed by atoms with E-state index in [9.17, 15) is 9.90 Å². The number of hydrogen-bond acceptors (Lipinski definition) is 4. The lowest BCUT2D eigenvalue weighted by molar-refractivity contribution is 0.0889. The van der Waals surface area contributed by atoms with Crippen LogP contribution in [0.2, 0.25) is 0 Å². The van der Waals surface area contributed by atoms with Gasteiger partial charge in [0.1, 0.15) is 5.69 Å². The Labute approximate surface area is 126 Å². The molecule has 0 bridgehead atoms. The Bertz CT molecular complexity index is 879. The van der Waals surface area contributed by atoms with Gasteiger partial charge >= 0.3 is 0 Å². The molecule has 1 aliphatic heterocycles. The highest BCUT2D eigenvalue weighted by Gasteiger charge is 2.29. The van der Waals surface area contributed by atoms with Crippen LogP contribution in [0.25, 0.3) is 22.0 Å². The largest absolute Gasteiger partial charge is 0.394 e. The second-order valence-corrected chi connectivity index (χ2v) is 5.44. The number of fused-ring (bicyclic) bond motifs is 2. The first-order valence-corrected chi connectivity index (χ1v) is 7.07. The Balaban J connectivity index is 1.90. The first-order chi connectivity index (χ1) is 10.7. The van der Waals surface area contributed by atoms with Crippen molar-refractivity contribution in [2.24, 2.45) is 7.05 Å². The Morgan fingerprint density at radius 1 is 1.36 bits per heavy atom. The van der Waals surface area contributed by atoms with Crippen LogP contribution in [-0.2, 0) is 7.05 Å². The summed E-state index contributed by atoms with van der Waals surface area (Å²) in [6.07, 6.45) is 3.49. The zero-order valence-electron chi connectivity index (χ0n) is 12.0. The topological polar surface area (TPSA) is 85.0 Å². The van der Waals surface area contributed by atoms with Crippen molar-refractivity contribution in [3.63, 3.8) is 0 Å². The summed E-state index contributed by atoms with van der Waals surface area (Å²) in [5.74, 6) is -0.165. The fourth-order valence-corrected chi connectivity index (χ4v) is 2.91. The predicted octanol–water partition coefficient (Wildman–Crippen LogP) is 0.714. The Morgan fingerprint density at radius 3 is 3.05 bits per heavy atom. The van der Waals surface area contributed by atoms with E-state index in [4.69, 9.17) is 0 Å². The lowest BCUT2D eigenvalue weighted by atomic mass is 10.0. The molecule has 0 saturated heterocycles. The zero-order chi connectivity index (χ0) is 15.3. The number of amides is 1. The highest BCUT2D eigenvalue weighted by molar-refractivity contribution is 6.00. The van der Waals surface area contributed by atoms with Crippen LogP contribution >= 0.6 is 0 Å². The average Bonchev–Trinajstić information content (AvgIpc) is 3.13. The molecule has 0 unspecified atom stereocenters. The van der Waals surface area contributed by atoms with E-state index in [1.54, 1.807) is 21.8 Å². The first-order valence-electron chi connectivity index (χ1n) is 7.07. The van der Waals surface area contributed by atoms with Crippen LogP contribution in [0.3, 0.4) is 0 Å². The van der Waals surface area contributed by atoms with Crippen LogP contribution in [0.15, 0.2) is 30.6 Å². The standard InChI is InChI=1S/C15H15N5O2/c1-19-13-4-9(2-3-10(13)5-17-19)12-7-18-20-11(8-21)6-16-15(22)14(12)20/h2-5,7,11,21H,6,8H2,1H3,(H,16,22)/t11-/m1/s1. The number of benzene rings is 1. The van der Waals surface area contributed by atoms with Gasteiger partial charge in [-0.3, -0.25) is 14.2 Å². The van der Waals surface area contributed by atoms with Gasteiger partial charge in [0.25, 0.3) is 5.91 Å². The lowest BCUT2D eigenvalue weighted by Gasteiger charge is -2.23. The number of aryl methyl sites for hydroxylation is 1. The fourth-order valence-electron chi connectivity index (χ4n) is 2.91. The molecule has 2 N–H and O–H groups in total. The number of carbonyl (C=O) groups excluding carboxylic acids is 1. The highest BCUT2D eigenvalue weighted by atomic mass is 16.3. The van der Waals surface area contributed by atoms with Gasteiger partial charge in [-0.2, -0.15) is 10.2 Å². The number of aromatic nitrogens is 4. The average molecular weight is 297 g/mol. The molecule has 4 rings (SSSR count). The summed E-state index contributed by atoms with van der Waals surface area (Å²) < 4.78 is 3.41. The van der Waals surface area contributed by atoms with Gasteiger partial charge in [0.2, 0.25) is 0 Å². The molecule has 7 heteroatoms. The normalized spacial score (nSPS) is 17.5. The first kappa shape index (κ1) is 13.0. The maximum Gasteiger partial charge on any atom is 0.270 e. The number of nitrogens with one attached hydrogen (secondary N) is 1. The minimum Gasteiger partial charge on any atom is -0.394 e. The van der Waals surface area contributed by atoms with Crippen molar-refractivity contribution in [2.45, 2.75) is 6.04 Å². The lowest BCUT2D eigenvalue weighted by Crippen LogP contribution is -2.40. The molecule has 3 heterocycles. The summed E-state index contributed by atoms with van der Waals surface area (Å²) in [6.45, 7) is 0.333. The van der Waals surface area contributed by atoms with E-state index in [1.807, 2.05) is 25.2 Å². The summed E-state index contributed by atoms with van der Waals surface area (Å²) in [7, 11) is 1.88. The number of hydrogen-bond donors (Lipinski definition) is 2. The second-order valence-electron chi connectivity index (χ2n) is 5.44. The third-order valence-electron chi connectivity index (χ3n) is 4.13. The van der Waals surface area contributed by atoms with E-state index in [0.717, 1.165) is 22.0 Å². The van der Waals surface area contributed by atoms with Gasteiger partial charge in [-0.05, 0) is 11.6 Å². The van der Waals surface area contributed by atoms with Gasteiger partial charge in [-0.25, -0.2) is 0 Å². The van der Waals surface area contributed by atoms with Crippen LogP contribution < -0.4 is 5.32 Å². The predicted molar refractivity (Wildman–Crippen MR) is 80.4 cm³/mol. The SMILES string of the molecule is Cn1ncc2ccc(-c3cnn4c3C(=O)NC[C@@H]4CO)cc21. The fraction of sp³-hybridized carbons (Fsp3) is 0.267. The van der Waals surface area contributed by atoms with E-state index in [1.165, 1.54) is 0 Å². The van der Waals surface area contributed by atoms with Crippen LogP contribution in [0.5, 0.6) is 0 Å². The molecule has 22 heavy (non-hydrogen) atoms. The molecular weight excluding hydrogens is 282 g/mol. The minimum atomic E-state index is -0.220. The van der Waals surface area contributed by atoms with E-state index in [0.29, 0.717) is 12.2 Å². The summed E-state index contributed by atoms with van der Waals surface area (Å²) in [4.78, 5) is 12.2. The van der Waals surface area contributed by atoms with E-state index in [-0.39, 0.29) is 18.6 Å². The molecule has 3 aromatic rings. The van der Waals surface area contributed by atoms with Gasteiger partial charge in [0.05, 0.1) is 30.6 Å². The molecular formula is C15H15N5O2. The molecule has 0 spiro atoms. The van der Waals surface area contributed by atoms with Gasteiger partial charge in [0.15, 0.2) is 0 Å². The number of aliphatic hydroxyl groups excluding tert-OH is 1. The number of nitrogens with zero attached hydrogens (tertiary/aromatic N) is 4. The van der Waals surface area contributed by atoms with Gasteiger partial charge in [-0.1, -0.05) is 12.1 Å². The third kappa shape index (κ3) is 1.75. The summed E-state index contributed by atoms with van der Waals surface area (Å²) in [6, 6.07) is 5.71. The van der Waals surface area contributed by atoms with Gasteiger partial charge in [0, 0.05) is 24.5 Å². The molecule has 1 aliphatic rings. The molecule has 2 aromatic heterocycles. The Hall–Kier alpha value is -2.67. The molecule has 0 saturated carbocycles. The van der Waals surface area contributed by atoms with Crippen molar-refractivity contribution in [3.05, 3.63) is 36.3 Å². The van der Waals surface area contributed by atoms with Gasteiger partial charge < -0.3 is 10.4 Å². The van der Waals surface area contributed by atoms with E-state index >= 15 is 0 Å². The smallest absolute Gasteiger partial charge is 0.270 e. The maximum absolute atomic E-state index is 12.2. The van der Waals surface area contributed by atoms with Crippen molar-refractivity contribution in [1.29, 1.82) is 0 Å². The quantitative estimate of drug-likeness (QED) is 0.729. The van der Waals surface area contributed by atoms with Gasteiger partial charge in [-0.15, -0.1) is 0 Å². The van der Waals surface area contributed by atoms with Crippen LogP contribution in [0, 0.1) is 0 Å². The molecule has 0 fully saturated rings. The molecule has 112 valence electrons. The summed E-state index contributed by atoms with van der Waals surface area (Å²) in [5.41, 5.74) is 3.16. The molecule has 1 amide bonds. The third-order valence-corrected chi connectivity index (χ3v) is 4.13. The highest BCUT2D eigenvalue weighted by Crippen LogP contribution is 2.29. The monoisotopic (exact) mass is 297 g/mol. The minimum absolute atomic E-state index is 0.0604. The molecule has 1 aromatic carbocycles. The molecule has 7 nitrogen and oxygen atoms in total. The maximum atomic E-state index is 12.2. The van der Waals surface area contributed by atoms with Crippen LogP contribution in [-0.4, -0.2) is 43.7 Å². The number of aliphatic hydroxyl groups is 1. The van der Waals surface area contributed by atoms with Crippen molar-refractivity contribution >= 4 is 16.8 Å². The zero-order valence-corrected chi connectivity index (χ0v) is 12.0. The van der Waals surface area contributed by atoms with Crippen LogP contribution in [0.1, 0.15) is 16.5 Å². The van der Waals surface area contributed by atoms with E-state index < -0.39 is 0 Å². The van der Waals surface area contributed by atoms with Crippen molar-refractivity contribution in [1.82, 2.24) is 24.9 Å². The molecule has 0 aliphatic carbocycles. The molecule has 1 atom stereocenters. The van der Waals surface area contributed by atoms with Crippen molar-refractivity contribution < 1.29 is 9.90 Å². The second kappa shape index (κ2) is 4.67. The Kier molecular flexibility index (Phi) is 2.77.